The molecule has 0 bridgehead atoms. The van der Waals surface area contributed by atoms with Gasteiger partial charge >= 0.3 is 0 Å². The molecule has 0 radical (unpaired) electrons. The first-order valence-electron chi connectivity index (χ1n) is 13.4. The number of amides is 2. The molecule has 7 nitrogen and oxygen atoms in total. The zero-order chi connectivity index (χ0) is 27.0. The highest BCUT2D eigenvalue weighted by Crippen LogP contribution is 2.52. The molecule has 3 aliphatic rings. The normalized spacial score (nSPS) is 30.6. The second-order valence-corrected chi connectivity index (χ2v) is 12.4. The largest absolute Gasteiger partial charge is 0.448 e. The second kappa shape index (κ2) is 11.0. The van der Waals surface area contributed by atoms with E-state index in [1.165, 1.54) is 0 Å². The third-order valence-electron chi connectivity index (χ3n) is 8.41. The molecule has 38 heavy (non-hydrogen) atoms. The molecule has 204 valence electrons. The van der Waals surface area contributed by atoms with Crippen molar-refractivity contribution in [2.45, 2.75) is 75.9 Å². The van der Waals surface area contributed by atoms with Crippen LogP contribution in [0.4, 0.5) is 0 Å². The first kappa shape index (κ1) is 27.1. The van der Waals surface area contributed by atoms with E-state index < -0.39 is 5.79 Å². The van der Waals surface area contributed by atoms with Crippen molar-refractivity contribution in [2.75, 3.05) is 12.8 Å². The topological polar surface area (TPSA) is 89.6 Å². The summed E-state index contributed by atoms with van der Waals surface area (Å²) >= 11 is 8.30. The summed E-state index contributed by atoms with van der Waals surface area (Å²) < 4.78 is 12.8. The first-order chi connectivity index (χ1) is 18.2. The van der Waals surface area contributed by atoms with E-state index >= 15 is 0 Å². The Kier molecular flexibility index (Phi) is 7.83. The van der Waals surface area contributed by atoms with Gasteiger partial charge in [0.15, 0.2) is 11.5 Å². The summed E-state index contributed by atoms with van der Waals surface area (Å²) in [5, 5.41) is 6.48. The van der Waals surface area contributed by atoms with Gasteiger partial charge in [0.25, 0.3) is 11.7 Å². The van der Waals surface area contributed by atoms with Crippen LogP contribution in [0.5, 0.6) is 11.5 Å². The lowest BCUT2D eigenvalue weighted by atomic mass is 9.77. The number of pyridine rings is 1. The summed E-state index contributed by atoms with van der Waals surface area (Å²) in [6, 6.07) is 7.87. The molecule has 1 aromatic heterocycles. The van der Waals surface area contributed by atoms with Crippen molar-refractivity contribution < 1.29 is 19.1 Å². The number of thioether (sulfide) groups is 1. The van der Waals surface area contributed by atoms with E-state index in [2.05, 4.69) is 21.7 Å². The fourth-order valence-electron chi connectivity index (χ4n) is 6.15. The standard InChI is InChI=1S/C29H36ClN3O4S/c1-16-13-24(38-4)21(28(35)33-16)15-32-27(34)20-14-22(30)26-25(17(20)2)36-29(3,37-26)19-10-8-18(9-11-19)23-7-5-6-12-31-23/h5-7,12,14,16,18-19,21,24H,8-11,13,15H2,1-4H3,(H,32,34)(H,33,35). The number of carbonyl (C=O) groups is 2. The molecule has 3 heterocycles. The van der Waals surface area contributed by atoms with Gasteiger partial charge in [0.2, 0.25) is 5.91 Å². The summed E-state index contributed by atoms with van der Waals surface area (Å²) in [6.07, 6.45) is 8.69. The number of hydrogen-bond donors (Lipinski definition) is 2. The highest BCUT2D eigenvalue weighted by Gasteiger charge is 2.47. The van der Waals surface area contributed by atoms with E-state index in [0.29, 0.717) is 33.6 Å². The van der Waals surface area contributed by atoms with Crippen LogP contribution in [0, 0.1) is 18.8 Å². The van der Waals surface area contributed by atoms with Gasteiger partial charge < -0.3 is 20.1 Å². The van der Waals surface area contributed by atoms with Crippen molar-refractivity contribution in [1.29, 1.82) is 0 Å². The number of benzene rings is 1. The number of nitrogens with one attached hydrogen (secondary N) is 2. The summed E-state index contributed by atoms with van der Waals surface area (Å²) in [5.41, 5.74) is 2.27. The molecule has 4 atom stereocenters. The maximum Gasteiger partial charge on any atom is 0.251 e. The van der Waals surface area contributed by atoms with Crippen LogP contribution in [0.25, 0.3) is 0 Å². The fraction of sp³-hybridized carbons (Fsp3) is 0.552. The van der Waals surface area contributed by atoms with E-state index in [1.54, 1.807) is 17.8 Å². The van der Waals surface area contributed by atoms with Crippen LogP contribution in [-0.2, 0) is 4.79 Å². The van der Waals surface area contributed by atoms with Crippen LogP contribution in [0.2, 0.25) is 5.02 Å². The lowest BCUT2D eigenvalue weighted by Gasteiger charge is -2.37. The second-order valence-electron chi connectivity index (χ2n) is 10.9. The maximum absolute atomic E-state index is 13.2. The van der Waals surface area contributed by atoms with Crippen LogP contribution < -0.4 is 20.1 Å². The number of nitrogens with zero attached hydrogens (tertiary/aromatic N) is 1. The molecular formula is C29H36ClN3O4S. The van der Waals surface area contributed by atoms with Gasteiger partial charge in [-0.3, -0.25) is 14.6 Å². The molecule has 2 fully saturated rings. The smallest absolute Gasteiger partial charge is 0.251 e. The summed E-state index contributed by atoms with van der Waals surface area (Å²) in [7, 11) is 0. The molecule has 1 saturated carbocycles. The molecule has 2 amide bonds. The Labute approximate surface area is 233 Å². The predicted molar refractivity (Wildman–Crippen MR) is 150 cm³/mol. The van der Waals surface area contributed by atoms with E-state index in [0.717, 1.165) is 37.8 Å². The quantitative estimate of drug-likeness (QED) is 0.488. The zero-order valence-electron chi connectivity index (χ0n) is 22.4. The molecule has 1 aromatic carbocycles. The number of halogens is 1. The van der Waals surface area contributed by atoms with Crippen molar-refractivity contribution in [1.82, 2.24) is 15.6 Å². The molecule has 9 heteroatoms. The number of piperidine rings is 1. The van der Waals surface area contributed by atoms with Crippen LogP contribution in [0.1, 0.15) is 73.5 Å². The van der Waals surface area contributed by atoms with Crippen molar-refractivity contribution in [3.05, 3.63) is 52.3 Å². The van der Waals surface area contributed by atoms with Gasteiger partial charge in [0, 0.05) is 59.6 Å². The Balaban J connectivity index is 1.27. The van der Waals surface area contributed by atoms with Crippen LogP contribution >= 0.6 is 23.4 Å². The van der Waals surface area contributed by atoms with E-state index in [4.69, 9.17) is 21.1 Å². The molecule has 1 aliphatic carbocycles. The lowest BCUT2D eigenvalue weighted by Crippen LogP contribution is -2.52. The Morgan fingerprint density at radius 3 is 2.66 bits per heavy atom. The minimum atomic E-state index is -0.844. The van der Waals surface area contributed by atoms with Crippen LogP contribution in [0.3, 0.4) is 0 Å². The molecule has 2 aliphatic heterocycles. The van der Waals surface area contributed by atoms with Gasteiger partial charge in [-0.05, 0) is 70.4 Å². The minimum Gasteiger partial charge on any atom is -0.448 e. The molecule has 2 aromatic rings. The molecule has 2 N–H and O–H groups in total. The van der Waals surface area contributed by atoms with Crippen LogP contribution in [0.15, 0.2) is 30.5 Å². The molecule has 5 rings (SSSR count). The number of aromatic nitrogens is 1. The number of rotatable bonds is 6. The lowest BCUT2D eigenvalue weighted by molar-refractivity contribution is -0.127. The average molecular weight is 558 g/mol. The van der Waals surface area contributed by atoms with Crippen molar-refractivity contribution in [3.8, 4) is 11.5 Å². The fourth-order valence-corrected chi connectivity index (χ4v) is 7.42. The highest BCUT2D eigenvalue weighted by atomic mass is 35.5. The number of fused-ring (bicyclic) bond motifs is 1. The Bertz CT molecular complexity index is 1200. The van der Waals surface area contributed by atoms with E-state index in [-0.39, 0.29) is 41.5 Å². The average Bonchev–Trinajstić information content (AvgIpc) is 3.30. The zero-order valence-corrected chi connectivity index (χ0v) is 24.0. The van der Waals surface area contributed by atoms with Gasteiger partial charge in [-0.1, -0.05) is 17.7 Å². The highest BCUT2D eigenvalue weighted by molar-refractivity contribution is 7.99. The molecule has 4 unspecified atom stereocenters. The van der Waals surface area contributed by atoms with Gasteiger partial charge in [-0.15, -0.1) is 0 Å². The summed E-state index contributed by atoms with van der Waals surface area (Å²) in [5.74, 6) is 0.257. The van der Waals surface area contributed by atoms with Gasteiger partial charge in [0.05, 0.1) is 10.9 Å². The minimum absolute atomic E-state index is 0.0163. The predicted octanol–water partition coefficient (Wildman–Crippen LogP) is 5.49. The Hall–Kier alpha value is -2.45. The Morgan fingerprint density at radius 1 is 1.24 bits per heavy atom. The van der Waals surface area contributed by atoms with E-state index in [9.17, 15) is 9.59 Å². The molecule has 0 spiro atoms. The van der Waals surface area contributed by atoms with Crippen molar-refractivity contribution in [3.63, 3.8) is 0 Å². The van der Waals surface area contributed by atoms with Crippen molar-refractivity contribution in [2.24, 2.45) is 11.8 Å². The monoisotopic (exact) mass is 557 g/mol. The third-order valence-corrected chi connectivity index (χ3v) is 9.82. The van der Waals surface area contributed by atoms with Crippen molar-refractivity contribution >= 4 is 35.2 Å². The number of ether oxygens (including phenoxy) is 2. The number of carbonyl (C=O) groups excluding carboxylic acids is 2. The van der Waals surface area contributed by atoms with Gasteiger partial charge in [0.1, 0.15) is 0 Å². The summed E-state index contributed by atoms with van der Waals surface area (Å²) in [4.78, 5) is 30.4. The molecular weight excluding hydrogens is 522 g/mol. The maximum atomic E-state index is 13.2. The third kappa shape index (κ3) is 5.22. The van der Waals surface area contributed by atoms with E-state index in [1.807, 2.05) is 45.4 Å². The SMILES string of the molecule is CSC1CC(C)NC(=O)C1CNC(=O)c1cc(Cl)c2c(c1C)OC(C)(C1CCC(c3ccccn3)CC1)O2. The van der Waals surface area contributed by atoms with Gasteiger partial charge in [-0.2, -0.15) is 11.8 Å². The van der Waals surface area contributed by atoms with Gasteiger partial charge in [-0.25, -0.2) is 0 Å². The Morgan fingerprint density at radius 2 is 1.97 bits per heavy atom. The number of hydrogen-bond acceptors (Lipinski definition) is 6. The summed E-state index contributed by atoms with van der Waals surface area (Å²) in [6.45, 7) is 6.11. The molecule has 1 saturated heterocycles. The van der Waals surface area contributed by atoms with Crippen LogP contribution in [-0.4, -0.2) is 46.7 Å². The first-order valence-corrected chi connectivity index (χ1v) is 15.1.